The Hall–Kier alpha value is -0.240. The van der Waals surface area contributed by atoms with Crippen LogP contribution in [0.2, 0.25) is 0 Å². The predicted octanol–water partition coefficient (Wildman–Crippen LogP) is 3.04. The van der Waals surface area contributed by atoms with Crippen LogP contribution in [0.1, 0.15) is 46.0 Å². The quantitative estimate of drug-likeness (QED) is 0.476. The molecule has 0 aliphatic rings. The molecule has 0 saturated carbocycles. The molecule has 0 aliphatic heterocycles. The van der Waals surface area contributed by atoms with Crippen molar-refractivity contribution in [2.45, 2.75) is 52.0 Å². The summed E-state index contributed by atoms with van der Waals surface area (Å²) in [5, 5.41) is 0. The molecular weight excluding hydrogens is 198 g/mol. The third kappa shape index (κ3) is 5.48. The van der Waals surface area contributed by atoms with Gasteiger partial charge in [-0.3, -0.25) is 4.79 Å². The van der Waals surface area contributed by atoms with E-state index in [4.69, 9.17) is 11.6 Å². The van der Waals surface area contributed by atoms with E-state index in [2.05, 4.69) is 13.8 Å². The number of unbranched alkanes of at least 4 members (excludes halogenated alkanes) is 3. The van der Waals surface area contributed by atoms with Crippen LogP contribution in [0.3, 0.4) is 0 Å². The van der Waals surface area contributed by atoms with Gasteiger partial charge in [0.05, 0.1) is 0 Å². The average Bonchev–Trinajstić information content (AvgIpc) is 2.21. The molecule has 0 aromatic rings. The number of halogens is 1. The summed E-state index contributed by atoms with van der Waals surface area (Å²) < 4.78 is 0. The topological polar surface area (TPSA) is 20.3 Å². The van der Waals surface area contributed by atoms with Crippen molar-refractivity contribution >= 4 is 17.5 Å². The zero-order chi connectivity index (χ0) is 11.0. The van der Waals surface area contributed by atoms with Gasteiger partial charge in [0, 0.05) is 13.1 Å². The first-order valence-electron chi connectivity index (χ1n) is 5.45. The SMILES string of the molecule is CCCCCCC(C)N(C)C(=O)CCl. The second-order valence-electron chi connectivity index (χ2n) is 3.84. The molecule has 0 fully saturated rings. The third-order valence-corrected chi connectivity index (χ3v) is 2.87. The summed E-state index contributed by atoms with van der Waals surface area (Å²) in [7, 11) is 1.83. The Bertz CT molecular complexity index is 161. The van der Waals surface area contributed by atoms with E-state index in [1.54, 1.807) is 4.90 Å². The minimum Gasteiger partial charge on any atom is -0.342 e. The minimum atomic E-state index is 0.0228. The second-order valence-corrected chi connectivity index (χ2v) is 4.10. The molecule has 2 nitrogen and oxygen atoms in total. The van der Waals surface area contributed by atoms with E-state index in [-0.39, 0.29) is 11.8 Å². The van der Waals surface area contributed by atoms with Crippen molar-refractivity contribution in [1.29, 1.82) is 0 Å². The van der Waals surface area contributed by atoms with E-state index < -0.39 is 0 Å². The first-order chi connectivity index (χ1) is 6.63. The highest BCUT2D eigenvalue weighted by Crippen LogP contribution is 2.09. The number of hydrogen-bond acceptors (Lipinski definition) is 1. The van der Waals surface area contributed by atoms with Gasteiger partial charge in [0.1, 0.15) is 5.88 Å². The van der Waals surface area contributed by atoms with Gasteiger partial charge in [-0.1, -0.05) is 32.6 Å². The van der Waals surface area contributed by atoms with Gasteiger partial charge in [-0.15, -0.1) is 11.6 Å². The number of alkyl halides is 1. The Balaban J connectivity index is 3.61. The Morgan fingerprint density at radius 3 is 2.50 bits per heavy atom. The molecule has 0 aromatic heterocycles. The van der Waals surface area contributed by atoms with Crippen LogP contribution in [0.5, 0.6) is 0 Å². The average molecular weight is 220 g/mol. The smallest absolute Gasteiger partial charge is 0.237 e. The fourth-order valence-corrected chi connectivity index (χ4v) is 1.59. The summed E-state index contributed by atoms with van der Waals surface area (Å²) in [6, 6.07) is 0.318. The van der Waals surface area contributed by atoms with Crippen LogP contribution < -0.4 is 0 Å². The molecule has 14 heavy (non-hydrogen) atoms. The normalized spacial score (nSPS) is 12.6. The maximum atomic E-state index is 11.2. The highest BCUT2D eigenvalue weighted by Gasteiger charge is 2.13. The number of carbonyl (C=O) groups is 1. The summed E-state index contributed by atoms with van der Waals surface area (Å²) >= 11 is 5.48. The third-order valence-electron chi connectivity index (χ3n) is 2.64. The molecule has 84 valence electrons. The zero-order valence-electron chi connectivity index (χ0n) is 9.55. The highest BCUT2D eigenvalue weighted by atomic mass is 35.5. The molecule has 1 atom stereocenters. The summed E-state index contributed by atoms with van der Waals surface area (Å²) in [6.45, 7) is 4.28. The molecular formula is C11H22ClNO. The lowest BCUT2D eigenvalue weighted by molar-refractivity contribution is -0.129. The first kappa shape index (κ1) is 13.8. The van der Waals surface area contributed by atoms with Gasteiger partial charge in [-0.05, 0) is 13.3 Å². The van der Waals surface area contributed by atoms with Gasteiger partial charge >= 0.3 is 0 Å². The van der Waals surface area contributed by atoms with Crippen LogP contribution in [0.25, 0.3) is 0 Å². The molecule has 0 spiro atoms. The van der Waals surface area contributed by atoms with Crippen molar-refractivity contribution in [3.63, 3.8) is 0 Å². The van der Waals surface area contributed by atoms with Gasteiger partial charge in [-0.25, -0.2) is 0 Å². The number of hydrogen-bond donors (Lipinski definition) is 0. The van der Waals surface area contributed by atoms with Crippen LogP contribution >= 0.6 is 11.6 Å². The lowest BCUT2D eigenvalue weighted by atomic mass is 10.1. The summed E-state index contributed by atoms with van der Waals surface area (Å²) in [5.41, 5.74) is 0. The van der Waals surface area contributed by atoms with Crippen molar-refractivity contribution in [1.82, 2.24) is 4.90 Å². The van der Waals surface area contributed by atoms with Crippen LogP contribution in [0.4, 0.5) is 0 Å². The van der Waals surface area contributed by atoms with E-state index in [0.29, 0.717) is 6.04 Å². The predicted molar refractivity (Wildman–Crippen MR) is 61.7 cm³/mol. The van der Waals surface area contributed by atoms with Crippen LogP contribution in [0.15, 0.2) is 0 Å². The number of nitrogens with zero attached hydrogens (tertiary/aromatic N) is 1. The monoisotopic (exact) mass is 219 g/mol. The van der Waals surface area contributed by atoms with E-state index in [1.165, 1.54) is 25.7 Å². The van der Waals surface area contributed by atoms with Gasteiger partial charge in [0.2, 0.25) is 5.91 Å². The van der Waals surface area contributed by atoms with Crippen LogP contribution in [0, 0.1) is 0 Å². The fraction of sp³-hybridized carbons (Fsp3) is 0.909. The molecule has 0 saturated heterocycles. The molecule has 0 N–H and O–H groups in total. The number of amides is 1. The van der Waals surface area contributed by atoms with Gasteiger partial charge in [0.25, 0.3) is 0 Å². The van der Waals surface area contributed by atoms with E-state index in [1.807, 2.05) is 7.05 Å². The number of rotatable bonds is 7. The van der Waals surface area contributed by atoms with E-state index in [0.717, 1.165) is 6.42 Å². The minimum absolute atomic E-state index is 0.0228. The molecule has 0 aromatic carbocycles. The van der Waals surface area contributed by atoms with Crippen molar-refractivity contribution in [3.05, 3.63) is 0 Å². The van der Waals surface area contributed by atoms with Gasteiger partial charge < -0.3 is 4.90 Å². The molecule has 1 amide bonds. The van der Waals surface area contributed by atoms with E-state index in [9.17, 15) is 4.79 Å². The van der Waals surface area contributed by atoms with Gasteiger partial charge in [-0.2, -0.15) is 0 Å². The van der Waals surface area contributed by atoms with Crippen molar-refractivity contribution in [2.75, 3.05) is 12.9 Å². The second kappa shape index (κ2) is 8.10. The number of carbonyl (C=O) groups excluding carboxylic acids is 1. The maximum absolute atomic E-state index is 11.2. The summed E-state index contributed by atoms with van der Waals surface area (Å²) in [5.74, 6) is 0.116. The van der Waals surface area contributed by atoms with Crippen molar-refractivity contribution < 1.29 is 4.79 Å². The van der Waals surface area contributed by atoms with Crippen LogP contribution in [-0.2, 0) is 4.79 Å². The van der Waals surface area contributed by atoms with Crippen LogP contribution in [-0.4, -0.2) is 29.8 Å². The molecule has 3 heteroatoms. The van der Waals surface area contributed by atoms with Crippen molar-refractivity contribution in [3.8, 4) is 0 Å². The molecule has 0 rings (SSSR count). The standard InChI is InChI=1S/C11H22ClNO/c1-4-5-6-7-8-10(2)13(3)11(14)9-12/h10H,4-9H2,1-3H3. The summed E-state index contributed by atoms with van der Waals surface area (Å²) in [6.07, 6.45) is 6.10. The largest absolute Gasteiger partial charge is 0.342 e. The highest BCUT2D eigenvalue weighted by molar-refractivity contribution is 6.27. The van der Waals surface area contributed by atoms with E-state index >= 15 is 0 Å². The molecule has 0 heterocycles. The molecule has 0 bridgehead atoms. The fourth-order valence-electron chi connectivity index (χ4n) is 1.40. The molecule has 0 aliphatic carbocycles. The Kier molecular flexibility index (Phi) is 7.96. The first-order valence-corrected chi connectivity index (χ1v) is 5.98. The molecule has 1 unspecified atom stereocenters. The zero-order valence-corrected chi connectivity index (χ0v) is 10.3. The Morgan fingerprint density at radius 1 is 1.36 bits per heavy atom. The van der Waals surface area contributed by atoms with Crippen molar-refractivity contribution in [2.24, 2.45) is 0 Å². The lowest BCUT2D eigenvalue weighted by Crippen LogP contribution is -2.35. The van der Waals surface area contributed by atoms with Gasteiger partial charge in [0.15, 0.2) is 0 Å². The lowest BCUT2D eigenvalue weighted by Gasteiger charge is -2.24. The maximum Gasteiger partial charge on any atom is 0.237 e. The molecule has 0 radical (unpaired) electrons. The Labute approximate surface area is 92.6 Å². The summed E-state index contributed by atoms with van der Waals surface area (Å²) in [4.78, 5) is 13.0. The Morgan fingerprint density at radius 2 is 2.00 bits per heavy atom.